The topological polar surface area (TPSA) is 61.4 Å². The molecule has 1 unspecified atom stereocenters. The van der Waals surface area contributed by atoms with Gasteiger partial charge in [-0.1, -0.05) is 18.2 Å². The van der Waals surface area contributed by atoms with Crippen molar-refractivity contribution in [3.8, 4) is 0 Å². The van der Waals surface area contributed by atoms with Gasteiger partial charge in [0.25, 0.3) is 5.91 Å². The van der Waals surface area contributed by atoms with Crippen molar-refractivity contribution < 1.29 is 4.79 Å². The molecule has 1 aromatic heterocycles. The highest BCUT2D eigenvalue weighted by Crippen LogP contribution is 2.32. The number of nitrogens with zero attached hydrogens (tertiary/aromatic N) is 4. The molecule has 24 heavy (non-hydrogen) atoms. The summed E-state index contributed by atoms with van der Waals surface area (Å²) in [6.45, 7) is 3.72. The van der Waals surface area contributed by atoms with E-state index in [9.17, 15) is 4.79 Å². The van der Waals surface area contributed by atoms with Gasteiger partial charge in [-0.05, 0) is 39.1 Å². The van der Waals surface area contributed by atoms with E-state index >= 15 is 0 Å². The number of fused-ring (bicyclic) bond motifs is 1. The summed E-state index contributed by atoms with van der Waals surface area (Å²) < 4.78 is 0. The van der Waals surface area contributed by atoms with Gasteiger partial charge >= 0.3 is 0 Å². The molecule has 0 radical (unpaired) electrons. The Morgan fingerprint density at radius 3 is 2.71 bits per heavy atom. The number of rotatable bonds is 5. The van der Waals surface area contributed by atoms with Crippen molar-refractivity contribution in [3.05, 3.63) is 47.8 Å². The molecular formula is C18H23N5O. The lowest BCUT2D eigenvalue weighted by atomic mass is 10.1. The summed E-state index contributed by atoms with van der Waals surface area (Å²) in [5.74, 6) is 0.496. The Bertz CT molecular complexity index is 714. The Morgan fingerprint density at radius 1 is 1.29 bits per heavy atom. The Balaban J connectivity index is 1.71. The van der Waals surface area contributed by atoms with Gasteiger partial charge in [0, 0.05) is 37.2 Å². The molecule has 0 spiro atoms. The van der Waals surface area contributed by atoms with Crippen LogP contribution in [0.3, 0.4) is 0 Å². The van der Waals surface area contributed by atoms with E-state index in [0.717, 1.165) is 25.2 Å². The summed E-state index contributed by atoms with van der Waals surface area (Å²) in [5, 5.41) is 3.15. The van der Waals surface area contributed by atoms with Crippen LogP contribution in [0, 0.1) is 0 Å². The standard InChI is InChI=1S/C18H23N5O/c1-13-10-14-6-4-5-7-16(14)23(13)17(24)15-11-20-18(21-12-15)19-8-9-22(2)3/h4-7,11-13H,8-10H2,1-3H3,(H,19,20,21). The fraction of sp³-hybridized carbons (Fsp3) is 0.389. The predicted molar refractivity (Wildman–Crippen MR) is 95.5 cm³/mol. The number of benzene rings is 1. The van der Waals surface area contributed by atoms with Crippen LogP contribution >= 0.6 is 0 Å². The molecule has 1 N–H and O–H groups in total. The molecular weight excluding hydrogens is 302 g/mol. The maximum absolute atomic E-state index is 12.9. The lowest BCUT2D eigenvalue weighted by molar-refractivity contribution is 0.0981. The molecule has 1 aliphatic rings. The zero-order valence-corrected chi connectivity index (χ0v) is 14.4. The normalized spacial score (nSPS) is 16.3. The van der Waals surface area contributed by atoms with Gasteiger partial charge in [-0.25, -0.2) is 9.97 Å². The number of hydrogen-bond acceptors (Lipinski definition) is 5. The van der Waals surface area contributed by atoms with E-state index in [4.69, 9.17) is 0 Å². The van der Waals surface area contributed by atoms with Gasteiger partial charge in [0.1, 0.15) is 0 Å². The number of anilines is 2. The third-order valence-corrected chi connectivity index (χ3v) is 4.17. The second kappa shape index (κ2) is 6.97. The minimum atomic E-state index is -0.0488. The molecule has 1 amide bonds. The van der Waals surface area contributed by atoms with Crippen molar-refractivity contribution in [2.45, 2.75) is 19.4 Å². The van der Waals surface area contributed by atoms with Crippen LogP contribution < -0.4 is 10.2 Å². The number of carbonyl (C=O) groups excluding carboxylic acids is 1. The molecule has 2 aromatic rings. The Labute approximate surface area is 142 Å². The smallest absolute Gasteiger partial charge is 0.261 e. The van der Waals surface area contributed by atoms with Crippen LogP contribution in [0.15, 0.2) is 36.7 Å². The van der Waals surface area contributed by atoms with Crippen LogP contribution in [-0.2, 0) is 6.42 Å². The van der Waals surface area contributed by atoms with E-state index in [-0.39, 0.29) is 11.9 Å². The van der Waals surface area contributed by atoms with Crippen molar-refractivity contribution in [2.24, 2.45) is 0 Å². The van der Waals surface area contributed by atoms with E-state index in [2.05, 4.69) is 33.2 Å². The lowest BCUT2D eigenvalue weighted by Crippen LogP contribution is -2.35. The predicted octanol–water partition coefficient (Wildman–Crippen LogP) is 2.04. The van der Waals surface area contributed by atoms with Crippen LogP contribution in [0.2, 0.25) is 0 Å². The van der Waals surface area contributed by atoms with E-state index in [1.807, 2.05) is 37.2 Å². The molecule has 1 atom stereocenters. The van der Waals surface area contributed by atoms with Gasteiger partial charge in [0.2, 0.25) is 5.95 Å². The van der Waals surface area contributed by atoms with Gasteiger partial charge in [-0.15, -0.1) is 0 Å². The van der Waals surface area contributed by atoms with Crippen LogP contribution in [0.4, 0.5) is 11.6 Å². The van der Waals surface area contributed by atoms with E-state index in [1.54, 1.807) is 12.4 Å². The highest BCUT2D eigenvalue weighted by molar-refractivity contribution is 6.07. The first kappa shape index (κ1) is 16.4. The molecule has 126 valence electrons. The number of likely N-dealkylation sites (N-methyl/N-ethyl adjacent to an activating group) is 1. The van der Waals surface area contributed by atoms with Crippen molar-refractivity contribution in [1.82, 2.24) is 14.9 Å². The molecule has 0 saturated heterocycles. The molecule has 6 nitrogen and oxygen atoms in total. The summed E-state index contributed by atoms with van der Waals surface area (Å²) in [5.41, 5.74) is 2.71. The summed E-state index contributed by atoms with van der Waals surface area (Å²) >= 11 is 0. The van der Waals surface area contributed by atoms with Gasteiger partial charge < -0.3 is 15.1 Å². The minimum absolute atomic E-state index is 0.0488. The average Bonchev–Trinajstić information content (AvgIpc) is 2.90. The molecule has 0 bridgehead atoms. The molecule has 0 aliphatic carbocycles. The third-order valence-electron chi connectivity index (χ3n) is 4.17. The van der Waals surface area contributed by atoms with Gasteiger partial charge in [-0.3, -0.25) is 4.79 Å². The molecule has 1 aliphatic heterocycles. The average molecular weight is 325 g/mol. The zero-order chi connectivity index (χ0) is 17.1. The van der Waals surface area contributed by atoms with Gasteiger partial charge in [-0.2, -0.15) is 0 Å². The lowest BCUT2D eigenvalue weighted by Gasteiger charge is -2.22. The molecule has 3 rings (SSSR count). The fourth-order valence-corrected chi connectivity index (χ4v) is 2.94. The number of hydrogen-bond donors (Lipinski definition) is 1. The second-order valence-corrected chi connectivity index (χ2v) is 6.38. The number of aromatic nitrogens is 2. The van der Waals surface area contributed by atoms with Crippen LogP contribution in [0.25, 0.3) is 0 Å². The number of nitrogens with one attached hydrogen (secondary N) is 1. The van der Waals surface area contributed by atoms with E-state index in [1.165, 1.54) is 5.56 Å². The largest absolute Gasteiger partial charge is 0.353 e. The molecule has 1 aromatic carbocycles. The zero-order valence-electron chi connectivity index (χ0n) is 14.4. The summed E-state index contributed by atoms with van der Waals surface area (Å²) in [6.07, 6.45) is 4.08. The quantitative estimate of drug-likeness (QED) is 0.911. The Hall–Kier alpha value is -2.47. The first-order chi connectivity index (χ1) is 11.6. The molecule has 6 heteroatoms. The number of amides is 1. The highest BCUT2D eigenvalue weighted by Gasteiger charge is 2.31. The monoisotopic (exact) mass is 325 g/mol. The van der Waals surface area contributed by atoms with E-state index in [0.29, 0.717) is 11.5 Å². The number of carbonyl (C=O) groups is 1. The molecule has 2 heterocycles. The van der Waals surface area contributed by atoms with Crippen molar-refractivity contribution in [2.75, 3.05) is 37.4 Å². The second-order valence-electron chi connectivity index (χ2n) is 6.38. The summed E-state index contributed by atoms with van der Waals surface area (Å²) in [4.78, 5) is 25.3. The van der Waals surface area contributed by atoms with E-state index < -0.39 is 0 Å². The van der Waals surface area contributed by atoms with Gasteiger partial charge in [0.15, 0.2) is 0 Å². The van der Waals surface area contributed by atoms with Crippen LogP contribution in [0.1, 0.15) is 22.8 Å². The number of para-hydroxylation sites is 1. The van der Waals surface area contributed by atoms with Crippen molar-refractivity contribution >= 4 is 17.5 Å². The summed E-state index contributed by atoms with van der Waals surface area (Å²) in [6, 6.07) is 8.19. The minimum Gasteiger partial charge on any atom is -0.353 e. The Kier molecular flexibility index (Phi) is 4.76. The first-order valence-corrected chi connectivity index (χ1v) is 8.18. The first-order valence-electron chi connectivity index (χ1n) is 8.18. The maximum atomic E-state index is 12.9. The maximum Gasteiger partial charge on any atom is 0.261 e. The van der Waals surface area contributed by atoms with Crippen LogP contribution in [-0.4, -0.2) is 54.0 Å². The SMILES string of the molecule is CC1Cc2ccccc2N1C(=O)c1cnc(NCCN(C)C)nc1. The van der Waals surface area contributed by atoms with Crippen molar-refractivity contribution in [1.29, 1.82) is 0 Å². The van der Waals surface area contributed by atoms with Gasteiger partial charge in [0.05, 0.1) is 5.56 Å². The highest BCUT2D eigenvalue weighted by atomic mass is 16.2. The molecule has 0 saturated carbocycles. The molecule has 0 fully saturated rings. The van der Waals surface area contributed by atoms with Crippen molar-refractivity contribution in [3.63, 3.8) is 0 Å². The third kappa shape index (κ3) is 3.38. The van der Waals surface area contributed by atoms with Crippen LogP contribution in [0.5, 0.6) is 0 Å². The summed E-state index contributed by atoms with van der Waals surface area (Å²) in [7, 11) is 4.03. The fourth-order valence-electron chi connectivity index (χ4n) is 2.94. The Morgan fingerprint density at radius 2 is 2.00 bits per heavy atom.